The molecule has 2 heterocycles. The number of piperazine rings is 1. The summed E-state index contributed by atoms with van der Waals surface area (Å²) in [6, 6.07) is 19.5. The number of benzene rings is 2. The highest BCUT2D eigenvalue weighted by Crippen LogP contribution is 2.30. The minimum atomic E-state index is 0.926. The van der Waals surface area contributed by atoms with Crippen LogP contribution in [-0.4, -0.2) is 42.7 Å². The zero-order valence-electron chi connectivity index (χ0n) is 13.7. The topological polar surface area (TPSA) is 11.4 Å². The highest BCUT2D eigenvalue weighted by molar-refractivity contribution is 5.93. The maximum atomic E-state index is 2.53. The van der Waals surface area contributed by atoms with Crippen molar-refractivity contribution in [2.75, 3.05) is 38.1 Å². The Bertz CT molecular complexity index is 783. The van der Waals surface area contributed by atoms with Gasteiger partial charge in [-0.25, -0.2) is 0 Å². The largest absolute Gasteiger partial charge is 0.367 e. The van der Waals surface area contributed by atoms with Gasteiger partial charge in [-0.2, -0.15) is 0 Å². The van der Waals surface area contributed by atoms with Crippen LogP contribution < -0.4 is 4.90 Å². The molecule has 0 aliphatic carbocycles. The van der Waals surface area contributed by atoms with Crippen LogP contribution in [-0.2, 0) is 6.54 Å². The van der Waals surface area contributed by atoms with Crippen molar-refractivity contribution in [2.24, 2.45) is 0 Å². The van der Waals surface area contributed by atoms with E-state index in [2.05, 4.69) is 82.2 Å². The zero-order valence-corrected chi connectivity index (χ0v) is 13.7. The lowest BCUT2D eigenvalue weighted by Gasteiger charge is -2.33. The summed E-state index contributed by atoms with van der Waals surface area (Å²) in [6.07, 6.45) is 2.34. The summed E-state index contributed by atoms with van der Waals surface area (Å²) in [4.78, 5) is 4.93. The van der Waals surface area contributed by atoms with Crippen molar-refractivity contribution in [3.8, 4) is 0 Å². The summed E-state index contributed by atoms with van der Waals surface area (Å²) in [6.45, 7) is 5.41. The van der Waals surface area contributed by atoms with Crippen molar-refractivity contribution < 1.29 is 0 Å². The molecule has 1 aliphatic heterocycles. The monoisotopic (exact) mass is 305 g/mol. The molecule has 1 aliphatic rings. The number of para-hydroxylation sites is 1. The van der Waals surface area contributed by atoms with E-state index in [-0.39, 0.29) is 0 Å². The van der Waals surface area contributed by atoms with Crippen LogP contribution in [0.4, 0.5) is 5.69 Å². The van der Waals surface area contributed by atoms with Gasteiger partial charge in [0, 0.05) is 44.3 Å². The minimum Gasteiger partial charge on any atom is -0.367 e. The standard InChI is InChI=1S/C20H23N3/c1-21-11-13-22(14-12-21)20-16-23(15-17-7-3-2-4-8-17)19-10-6-5-9-18(19)20/h2-10,16H,11-15H2,1H3. The second-order valence-electron chi connectivity index (χ2n) is 6.44. The molecule has 1 fully saturated rings. The van der Waals surface area contributed by atoms with Gasteiger partial charge in [-0.3, -0.25) is 0 Å². The molecule has 0 spiro atoms. The van der Waals surface area contributed by atoms with Gasteiger partial charge in [-0.05, 0) is 18.7 Å². The van der Waals surface area contributed by atoms with E-state index in [1.807, 2.05) is 0 Å². The van der Waals surface area contributed by atoms with E-state index in [1.54, 1.807) is 0 Å². The first-order valence-electron chi connectivity index (χ1n) is 8.36. The molecule has 0 radical (unpaired) electrons. The van der Waals surface area contributed by atoms with E-state index in [0.29, 0.717) is 0 Å². The average Bonchev–Trinajstić information content (AvgIpc) is 2.95. The zero-order chi connectivity index (χ0) is 15.6. The lowest BCUT2D eigenvalue weighted by molar-refractivity contribution is 0.313. The first kappa shape index (κ1) is 14.3. The quantitative estimate of drug-likeness (QED) is 0.734. The fourth-order valence-electron chi connectivity index (χ4n) is 3.44. The lowest BCUT2D eigenvalue weighted by Crippen LogP contribution is -2.44. The molecule has 0 unspecified atom stereocenters. The summed E-state index contributed by atoms with van der Waals surface area (Å²) in [5.74, 6) is 0. The first-order chi connectivity index (χ1) is 11.3. The molecular weight excluding hydrogens is 282 g/mol. The van der Waals surface area contributed by atoms with Gasteiger partial charge in [0.15, 0.2) is 0 Å². The SMILES string of the molecule is CN1CCN(c2cn(Cc3ccccc3)c3ccccc23)CC1. The van der Waals surface area contributed by atoms with E-state index in [0.717, 1.165) is 32.7 Å². The van der Waals surface area contributed by atoms with Crippen LogP contribution in [0.3, 0.4) is 0 Å². The number of fused-ring (bicyclic) bond motifs is 1. The minimum absolute atomic E-state index is 0.926. The summed E-state index contributed by atoms with van der Waals surface area (Å²) >= 11 is 0. The van der Waals surface area contributed by atoms with Gasteiger partial charge in [-0.15, -0.1) is 0 Å². The van der Waals surface area contributed by atoms with Gasteiger partial charge in [0.05, 0.1) is 11.2 Å². The number of rotatable bonds is 3. The van der Waals surface area contributed by atoms with E-state index in [9.17, 15) is 0 Å². The fourth-order valence-corrected chi connectivity index (χ4v) is 3.44. The smallest absolute Gasteiger partial charge is 0.0627 e. The van der Waals surface area contributed by atoms with Crippen LogP contribution in [0.15, 0.2) is 60.8 Å². The van der Waals surface area contributed by atoms with E-state index < -0.39 is 0 Å². The molecule has 2 aromatic carbocycles. The molecule has 1 aromatic heterocycles. The maximum absolute atomic E-state index is 2.53. The van der Waals surface area contributed by atoms with Crippen LogP contribution >= 0.6 is 0 Å². The van der Waals surface area contributed by atoms with Crippen molar-refractivity contribution in [3.63, 3.8) is 0 Å². The van der Waals surface area contributed by atoms with Crippen LogP contribution in [0.1, 0.15) is 5.56 Å². The van der Waals surface area contributed by atoms with Gasteiger partial charge in [0.1, 0.15) is 0 Å². The molecule has 3 aromatic rings. The van der Waals surface area contributed by atoms with Crippen molar-refractivity contribution >= 4 is 16.6 Å². The lowest BCUT2D eigenvalue weighted by atomic mass is 10.2. The van der Waals surface area contributed by atoms with Crippen molar-refractivity contribution in [3.05, 3.63) is 66.4 Å². The molecule has 0 atom stereocenters. The Morgan fingerprint density at radius 2 is 1.52 bits per heavy atom. The normalized spacial score (nSPS) is 16.1. The number of likely N-dealkylation sites (N-methyl/N-ethyl adjacent to an activating group) is 1. The number of anilines is 1. The molecule has 118 valence electrons. The van der Waals surface area contributed by atoms with E-state index in [1.165, 1.54) is 22.2 Å². The molecule has 23 heavy (non-hydrogen) atoms. The van der Waals surface area contributed by atoms with Crippen LogP contribution in [0.25, 0.3) is 10.9 Å². The molecule has 3 nitrogen and oxygen atoms in total. The van der Waals surface area contributed by atoms with Gasteiger partial charge in [-0.1, -0.05) is 48.5 Å². The molecule has 0 N–H and O–H groups in total. The van der Waals surface area contributed by atoms with E-state index in [4.69, 9.17) is 0 Å². The predicted octanol–water partition coefficient (Wildman–Crippen LogP) is 3.44. The average molecular weight is 305 g/mol. The number of aromatic nitrogens is 1. The van der Waals surface area contributed by atoms with Gasteiger partial charge >= 0.3 is 0 Å². The molecule has 1 saturated heterocycles. The van der Waals surface area contributed by atoms with Crippen LogP contribution in [0, 0.1) is 0 Å². The van der Waals surface area contributed by atoms with Gasteiger partial charge in [0.2, 0.25) is 0 Å². The Kier molecular flexibility index (Phi) is 3.80. The third kappa shape index (κ3) is 2.84. The highest BCUT2D eigenvalue weighted by Gasteiger charge is 2.18. The Morgan fingerprint density at radius 1 is 0.826 bits per heavy atom. The van der Waals surface area contributed by atoms with Crippen molar-refractivity contribution in [1.29, 1.82) is 0 Å². The second-order valence-corrected chi connectivity index (χ2v) is 6.44. The van der Waals surface area contributed by atoms with Crippen LogP contribution in [0.2, 0.25) is 0 Å². The number of hydrogen-bond acceptors (Lipinski definition) is 2. The Hall–Kier alpha value is -2.26. The Morgan fingerprint density at radius 3 is 2.30 bits per heavy atom. The highest BCUT2D eigenvalue weighted by atomic mass is 15.3. The van der Waals surface area contributed by atoms with Crippen molar-refractivity contribution in [2.45, 2.75) is 6.54 Å². The van der Waals surface area contributed by atoms with Crippen LogP contribution in [0.5, 0.6) is 0 Å². The maximum Gasteiger partial charge on any atom is 0.0627 e. The summed E-state index contributed by atoms with van der Waals surface area (Å²) in [7, 11) is 2.20. The predicted molar refractivity (Wildman–Crippen MR) is 97.2 cm³/mol. The number of hydrogen-bond donors (Lipinski definition) is 0. The first-order valence-corrected chi connectivity index (χ1v) is 8.36. The molecule has 0 amide bonds. The Labute approximate surface area is 137 Å². The second kappa shape index (κ2) is 6.09. The molecule has 0 bridgehead atoms. The number of nitrogens with zero attached hydrogens (tertiary/aromatic N) is 3. The fraction of sp³-hybridized carbons (Fsp3) is 0.300. The molecular formula is C20H23N3. The summed E-state index contributed by atoms with van der Waals surface area (Å²) in [5.41, 5.74) is 4.05. The third-order valence-corrected chi connectivity index (χ3v) is 4.81. The van der Waals surface area contributed by atoms with Gasteiger partial charge in [0.25, 0.3) is 0 Å². The third-order valence-electron chi connectivity index (χ3n) is 4.81. The van der Waals surface area contributed by atoms with Gasteiger partial charge < -0.3 is 14.4 Å². The summed E-state index contributed by atoms with van der Waals surface area (Å²) < 4.78 is 2.39. The molecule has 0 saturated carbocycles. The summed E-state index contributed by atoms with van der Waals surface area (Å²) in [5, 5.41) is 1.37. The van der Waals surface area contributed by atoms with E-state index >= 15 is 0 Å². The molecule has 3 heteroatoms. The Balaban J connectivity index is 1.71. The molecule has 4 rings (SSSR count). The van der Waals surface area contributed by atoms with Crippen molar-refractivity contribution in [1.82, 2.24) is 9.47 Å².